The number of nitrogens with zero attached hydrogens (tertiary/aromatic N) is 8. The maximum absolute atomic E-state index is 14.7. The third-order valence-corrected chi connectivity index (χ3v) is 16.6. The smallest absolute Gasteiger partial charge is 0.324 e. The van der Waals surface area contributed by atoms with Crippen LogP contribution in [-0.2, 0) is 41.6 Å². The van der Waals surface area contributed by atoms with Crippen LogP contribution in [0, 0.1) is 17.3 Å². The number of esters is 1. The van der Waals surface area contributed by atoms with Gasteiger partial charge in [-0.2, -0.15) is 0 Å². The van der Waals surface area contributed by atoms with Gasteiger partial charge in [-0.15, -0.1) is 0 Å². The zero-order valence-electron chi connectivity index (χ0n) is 46.9. The molecule has 7 heterocycles. The Labute approximate surface area is 450 Å². The number of cyclic esters (lactones) is 1. The first-order chi connectivity index (χ1) is 36.3. The van der Waals surface area contributed by atoms with Crippen molar-refractivity contribution in [1.29, 1.82) is 0 Å². The number of hydrogen-bond acceptors (Lipinski definition) is 11. The molecule has 76 heavy (non-hydrogen) atoms. The number of allylic oxidation sites excluding steroid dienone is 1. The summed E-state index contributed by atoms with van der Waals surface area (Å²) in [6.07, 6.45) is 13.1. The molecule has 0 aliphatic carbocycles. The summed E-state index contributed by atoms with van der Waals surface area (Å²) in [4.78, 5) is 84.3. The molecule has 5 aliphatic rings. The van der Waals surface area contributed by atoms with E-state index in [1.165, 1.54) is 17.2 Å². The SMILES string of the molecule is C=CC(=O)N1CN(C(C)C)C2(CCN(C(=O)N(C)[C@H](C(=O)N/C=C\C[C@H]3CN4CCC=C(C4)c4ccc5c(c4)c(c(-c4cccnc4[C@H](C)OC)n5CC)CC(C)(C)COC(=O)[C@@H]4CCCN(N4)C3=O)C(C)C)CC2)C1. The normalized spacial score (nSPS) is 23.2. The number of likely N-dealkylation sites (N-methyl/N-ethyl adjacent to an activating group) is 1. The molecule has 3 aromatic rings. The van der Waals surface area contributed by atoms with Crippen LogP contribution in [-0.4, -0.2) is 166 Å². The Morgan fingerprint density at radius 1 is 1.05 bits per heavy atom. The quantitative estimate of drug-likeness (QED) is 0.137. The number of ether oxygens (including phenoxy) is 2. The van der Waals surface area contributed by atoms with E-state index in [9.17, 15) is 24.0 Å². The summed E-state index contributed by atoms with van der Waals surface area (Å²) in [6, 6.07) is 9.46. The molecule has 2 aromatic heterocycles. The lowest BCUT2D eigenvalue weighted by Gasteiger charge is -2.46. The van der Waals surface area contributed by atoms with Gasteiger partial charge >= 0.3 is 12.0 Å². The predicted octanol–water partition coefficient (Wildman–Crippen LogP) is 7.38. The summed E-state index contributed by atoms with van der Waals surface area (Å²) < 4.78 is 14.4. The highest BCUT2D eigenvalue weighted by molar-refractivity contribution is 5.95. The number of aromatic nitrogens is 2. The molecule has 1 spiro atoms. The Bertz CT molecular complexity index is 2700. The third-order valence-electron chi connectivity index (χ3n) is 16.6. The lowest BCUT2D eigenvalue weighted by atomic mass is 9.84. The standard InChI is InChI=1S/C59H84N10O7/c1-12-50(70)66-36-59(68(38-66)40(5)6)24-30-65(31-25-59)57(74)63(10)52(39(3)4)54(71)61-27-14-18-44-35-64-28-16-19-43(34-64)42-22-23-49-46(32-42)47(53(67(49)13-2)45-20-15-26-60-51(45)41(7)75-11)33-58(8,9)37-76-56(73)48-21-17-29-69(62-48)55(44)72/h12,14-15,19-20,22-23,26-27,32,39-41,44,48,52,62H,1,13,16-18,21,24-25,28-31,33-38H2,2-11H3,(H,61,71)/b27-14-/t41-,44-,48-,52-/m0/s1. The highest BCUT2D eigenvalue weighted by atomic mass is 16.5. The van der Waals surface area contributed by atoms with E-state index in [0.29, 0.717) is 84.5 Å². The Morgan fingerprint density at radius 3 is 2.51 bits per heavy atom. The molecule has 3 saturated heterocycles. The van der Waals surface area contributed by atoms with E-state index in [1.54, 1.807) is 30.3 Å². The largest absolute Gasteiger partial charge is 0.464 e. The number of hydrazine groups is 1. The minimum absolute atomic E-state index is 0.0853. The number of benzene rings is 1. The molecule has 412 valence electrons. The average Bonchev–Trinajstić information content (AvgIpc) is 3.97. The molecule has 1 unspecified atom stereocenters. The minimum Gasteiger partial charge on any atom is -0.464 e. The van der Waals surface area contributed by atoms with Gasteiger partial charge in [0.25, 0.3) is 0 Å². The van der Waals surface area contributed by atoms with Crippen LogP contribution in [0.25, 0.3) is 27.7 Å². The van der Waals surface area contributed by atoms with Crippen molar-refractivity contribution in [2.45, 2.75) is 137 Å². The van der Waals surface area contributed by atoms with Crippen LogP contribution >= 0.6 is 0 Å². The summed E-state index contributed by atoms with van der Waals surface area (Å²) >= 11 is 0. The number of rotatable bonds is 12. The number of carbonyl (C=O) groups excluding carboxylic acids is 5. The Morgan fingerprint density at radius 2 is 1.82 bits per heavy atom. The second-order valence-corrected chi connectivity index (χ2v) is 23.2. The van der Waals surface area contributed by atoms with E-state index >= 15 is 0 Å². The maximum Gasteiger partial charge on any atom is 0.324 e. The van der Waals surface area contributed by atoms with Crippen LogP contribution in [0.1, 0.15) is 117 Å². The van der Waals surface area contributed by atoms with E-state index in [2.05, 4.69) is 96.6 Å². The van der Waals surface area contributed by atoms with Gasteiger partial charge in [0.15, 0.2) is 0 Å². The Balaban J connectivity index is 1.01. The fourth-order valence-corrected chi connectivity index (χ4v) is 12.6. The average molecular weight is 1050 g/mol. The lowest BCUT2D eigenvalue weighted by molar-refractivity contribution is -0.155. The molecule has 5 aliphatic heterocycles. The molecular formula is C59H84N10O7. The lowest BCUT2D eigenvalue weighted by Crippen LogP contribution is -2.59. The Hall–Kier alpha value is -5.88. The van der Waals surface area contributed by atoms with Gasteiger partial charge in [0.05, 0.1) is 36.7 Å². The Kier molecular flexibility index (Phi) is 17.6. The van der Waals surface area contributed by atoms with Crippen LogP contribution in [0.15, 0.2) is 67.5 Å². The van der Waals surface area contributed by atoms with E-state index in [0.717, 1.165) is 52.9 Å². The highest BCUT2D eigenvalue weighted by Gasteiger charge is 2.49. The van der Waals surface area contributed by atoms with Gasteiger partial charge < -0.3 is 34.1 Å². The summed E-state index contributed by atoms with van der Waals surface area (Å²) in [5.74, 6) is -1.60. The topological polar surface area (TPSA) is 165 Å². The number of piperidine rings is 1. The number of hydrogen-bond donors (Lipinski definition) is 2. The van der Waals surface area contributed by atoms with Crippen LogP contribution < -0.4 is 10.7 Å². The van der Waals surface area contributed by atoms with E-state index in [4.69, 9.17) is 14.5 Å². The molecule has 17 nitrogen and oxygen atoms in total. The number of carbonyl (C=O) groups is 5. The first-order valence-corrected chi connectivity index (χ1v) is 27.7. The molecule has 2 N–H and O–H groups in total. The van der Waals surface area contributed by atoms with E-state index in [-0.39, 0.29) is 59.9 Å². The first-order valence-electron chi connectivity index (χ1n) is 27.7. The molecule has 17 heteroatoms. The van der Waals surface area contributed by atoms with Gasteiger partial charge in [0.1, 0.15) is 12.1 Å². The second-order valence-electron chi connectivity index (χ2n) is 23.2. The number of pyridine rings is 1. The van der Waals surface area contributed by atoms with Crippen molar-refractivity contribution in [2.24, 2.45) is 17.3 Å². The number of fused-ring (bicyclic) bond motifs is 6. The summed E-state index contributed by atoms with van der Waals surface area (Å²) in [7, 11) is 3.40. The van der Waals surface area contributed by atoms with Gasteiger partial charge in [0, 0.05) is 106 Å². The van der Waals surface area contributed by atoms with Crippen molar-refractivity contribution in [3.8, 4) is 11.3 Å². The molecule has 1 aromatic carbocycles. The second kappa shape index (κ2) is 23.8. The van der Waals surface area contributed by atoms with Crippen LogP contribution in [0.2, 0.25) is 0 Å². The molecule has 3 fully saturated rings. The van der Waals surface area contributed by atoms with Gasteiger partial charge in [0.2, 0.25) is 17.7 Å². The number of aryl methyl sites for hydroxylation is 1. The van der Waals surface area contributed by atoms with Crippen molar-refractivity contribution >= 4 is 46.2 Å². The molecular weight excluding hydrogens is 961 g/mol. The third kappa shape index (κ3) is 11.8. The number of amides is 5. The fraction of sp³-hybridized carbons (Fsp3) is 0.593. The van der Waals surface area contributed by atoms with Crippen LogP contribution in [0.5, 0.6) is 0 Å². The van der Waals surface area contributed by atoms with Crippen molar-refractivity contribution in [3.05, 3.63) is 84.4 Å². The van der Waals surface area contributed by atoms with Crippen molar-refractivity contribution in [2.75, 3.05) is 73.2 Å². The van der Waals surface area contributed by atoms with Gasteiger partial charge in [-0.3, -0.25) is 39.0 Å². The van der Waals surface area contributed by atoms with Gasteiger partial charge in [-0.05, 0) is 132 Å². The monoisotopic (exact) mass is 1040 g/mol. The van der Waals surface area contributed by atoms with Crippen LogP contribution in [0.3, 0.4) is 0 Å². The summed E-state index contributed by atoms with van der Waals surface area (Å²) in [5.41, 5.74) is 10.2. The fourth-order valence-electron chi connectivity index (χ4n) is 12.6. The van der Waals surface area contributed by atoms with E-state index < -0.39 is 23.4 Å². The summed E-state index contributed by atoms with van der Waals surface area (Å²) in [5, 5.41) is 5.72. The zero-order chi connectivity index (χ0) is 54.6. The molecule has 0 saturated carbocycles. The first kappa shape index (κ1) is 56.3. The predicted molar refractivity (Wildman–Crippen MR) is 296 cm³/mol. The molecule has 5 atom stereocenters. The van der Waals surface area contributed by atoms with E-state index in [1.807, 2.05) is 48.9 Å². The van der Waals surface area contributed by atoms with Crippen molar-refractivity contribution < 1.29 is 33.4 Å². The number of urea groups is 1. The molecule has 8 rings (SSSR count). The number of likely N-dealkylation sites (tertiary alicyclic amines) is 1. The molecule has 6 bridgehead atoms. The number of methoxy groups -OCH3 is 1. The van der Waals surface area contributed by atoms with Crippen molar-refractivity contribution in [3.63, 3.8) is 0 Å². The van der Waals surface area contributed by atoms with Crippen molar-refractivity contribution in [1.82, 2.24) is 49.8 Å². The highest BCUT2D eigenvalue weighted by Crippen LogP contribution is 2.42. The maximum atomic E-state index is 14.7. The zero-order valence-corrected chi connectivity index (χ0v) is 46.9. The minimum atomic E-state index is -0.752. The van der Waals surface area contributed by atoms with Gasteiger partial charge in [-0.25, -0.2) is 10.2 Å². The number of nitrogens with one attached hydrogen (secondary N) is 2. The van der Waals surface area contributed by atoms with Gasteiger partial charge in [-0.1, -0.05) is 52.5 Å². The summed E-state index contributed by atoms with van der Waals surface area (Å²) in [6.45, 7) is 25.7. The molecule has 5 amide bonds. The van der Waals surface area contributed by atoms with Crippen LogP contribution in [0.4, 0.5) is 4.79 Å². The molecule has 0 radical (unpaired) electrons.